The molecule has 0 saturated carbocycles. The van der Waals surface area contributed by atoms with Crippen LogP contribution in [0.4, 0.5) is 0 Å². The van der Waals surface area contributed by atoms with Crippen molar-refractivity contribution in [3.8, 4) is 34.1 Å². The van der Waals surface area contributed by atoms with Crippen molar-refractivity contribution in [3.05, 3.63) is 97.6 Å². The van der Waals surface area contributed by atoms with E-state index in [1.807, 2.05) is 36.4 Å². The predicted molar refractivity (Wildman–Crippen MR) is 191 cm³/mol. The highest BCUT2D eigenvalue weighted by Crippen LogP contribution is 2.28. The van der Waals surface area contributed by atoms with E-state index in [0.717, 1.165) is 47.2 Å². The SMILES string of the molecule is CCCCCCCCCC[n+]1cccc(Oc2ccc(-c3ccc(Oc4ccc[n+](CCCCCCCCCC)c4)cc3)cc2)c1. The second-order valence-electron chi connectivity index (χ2n) is 12.8. The van der Waals surface area contributed by atoms with Gasteiger partial charge in [-0.15, -0.1) is 0 Å². The molecular formula is C42H58N2O2+2. The van der Waals surface area contributed by atoms with Gasteiger partial charge in [-0.2, -0.15) is 0 Å². The lowest BCUT2D eigenvalue weighted by atomic mass is 10.1. The average molecular weight is 623 g/mol. The van der Waals surface area contributed by atoms with Crippen molar-refractivity contribution in [2.45, 2.75) is 130 Å². The number of ether oxygens (including phenoxy) is 2. The Balaban J connectivity index is 1.19. The number of unbranched alkanes of at least 4 members (excludes halogenated alkanes) is 14. The first-order chi connectivity index (χ1) is 22.7. The van der Waals surface area contributed by atoms with E-state index in [4.69, 9.17) is 9.47 Å². The third-order valence-corrected chi connectivity index (χ3v) is 8.72. The van der Waals surface area contributed by atoms with E-state index in [1.54, 1.807) is 0 Å². The summed E-state index contributed by atoms with van der Waals surface area (Å²) in [6.07, 6.45) is 29.9. The van der Waals surface area contributed by atoms with Crippen LogP contribution >= 0.6 is 0 Å². The Hall–Kier alpha value is -3.66. The quantitative estimate of drug-likeness (QED) is 0.0607. The number of aryl methyl sites for hydroxylation is 2. The number of hydrogen-bond donors (Lipinski definition) is 0. The van der Waals surface area contributed by atoms with Crippen LogP contribution in [0.5, 0.6) is 23.0 Å². The van der Waals surface area contributed by atoms with Crippen molar-refractivity contribution < 1.29 is 18.6 Å². The molecule has 0 atom stereocenters. The summed E-state index contributed by atoms with van der Waals surface area (Å²) in [6, 6.07) is 24.9. The van der Waals surface area contributed by atoms with Crippen LogP contribution < -0.4 is 18.6 Å². The second-order valence-corrected chi connectivity index (χ2v) is 12.8. The van der Waals surface area contributed by atoms with E-state index < -0.39 is 0 Å². The van der Waals surface area contributed by atoms with Gasteiger partial charge < -0.3 is 9.47 Å². The molecule has 0 aliphatic heterocycles. The van der Waals surface area contributed by atoms with Crippen molar-refractivity contribution in [1.82, 2.24) is 0 Å². The molecule has 2 aromatic carbocycles. The maximum absolute atomic E-state index is 6.20. The van der Waals surface area contributed by atoms with Crippen LogP contribution in [0.25, 0.3) is 11.1 Å². The molecule has 0 unspecified atom stereocenters. The number of rotatable bonds is 23. The summed E-state index contributed by atoms with van der Waals surface area (Å²) in [4.78, 5) is 0. The van der Waals surface area contributed by atoms with Gasteiger partial charge in [-0.3, -0.25) is 0 Å². The highest BCUT2D eigenvalue weighted by Gasteiger charge is 2.08. The Labute approximate surface area is 279 Å². The van der Waals surface area contributed by atoms with Gasteiger partial charge in [-0.05, 0) is 60.4 Å². The average Bonchev–Trinajstić information content (AvgIpc) is 3.08. The molecule has 4 rings (SSSR count). The fourth-order valence-corrected chi connectivity index (χ4v) is 5.95. The lowest BCUT2D eigenvalue weighted by Crippen LogP contribution is -2.32. The number of benzene rings is 2. The van der Waals surface area contributed by atoms with E-state index in [2.05, 4.69) is 84.2 Å². The molecule has 2 aromatic heterocycles. The van der Waals surface area contributed by atoms with Crippen LogP contribution in [0.2, 0.25) is 0 Å². The third kappa shape index (κ3) is 13.4. The number of aromatic nitrogens is 2. The Morgan fingerprint density at radius 1 is 0.391 bits per heavy atom. The molecule has 0 saturated heterocycles. The molecule has 246 valence electrons. The highest BCUT2D eigenvalue weighted by atomic mass is 16.5. The van der Waals surface area contributed by atoms with Crippen LogP contribution in [0.3, 0.4) is 0 Å². The largest absolute Gasteiger partial charge is 0.451 e. The standard InChI is InChI=1S/C42H58N2O2/c1-3-5-7-9-11-13-15-17-31-43-33-19-21-41(35-43)45-39-27-23-37(24-28-39)38-25-29-40(30-26-38)46-42-22-20-34-44(36-42)32-18-16-14-12-10-8-6-4-2/h19-30,33-36H,3-18,31-32H2,1-2H3/q+2. The van der Waals surface area contributed by atoms with E-state index in [-0.39, 0.29) is 0 Å². The molecular weight excluding hydrogens is 564 g/mol. The molecule has 0 aliphatic carbocycles. The Bertz CT molecular complexity index is 1260. The maximum atomic E-state index is 6.20. The molecule has 0 spiro atoms. The first kappa shape index (κ1) is 35.2. The molecule has 0 N–H and O–H groups in total. The Kier molecular flexibility index (Phi) is 16.2. The summed E-state index contributed by atoms with van der Waals surface area (Å²) in [5.74, 6) is 3.43. The number of hydrogen-bond acceptors (Lipinski definition) is 2. The minimum absolute atomic E-state index is 0.845. The fourth-order valence-electron chi connectivity index (χ4n) is 5.95. The zero-order valence-corrected chi connectivity index (χ0v) is 28.7. The molecule has 0 bridgehead atoms. The van der Waals surface area contributed by atoms with Crippen LogP contribution in [-0.4, -0.2) is 0 Å². The monoisotopic (exact) mass is 622 g/mol. The summed E-state index contributed by atoms with van der Waals surface area (Å²) in [7, 11) is 0. The predicted octanol–water partition coefficient (Wildman–Crippen LogP) is 11.8. The molecule has 4 aromatic rings. The molecule has 2 heterocycles. The van der Waals surface area contributed by atoms with E-state index in [9.17, 15) is 0 Å². The zero-order valence-electron chi connectivity index (χ0n) is 28.7. The van der Waals surface area contributed by atoms with Crippen molar-refractivity contribution in [2.24, 2.45) is 0 Å². The van der Waals surface area contributed by atoms with Crippen molar-refractivity contribution in [2.75, 3.05) is 0 Å². The fraction of sp³-hybridized carbons (Fsp3) is 0.476. The molecule has 0 aliphatic rings. The summed E-state index contributed by atoms with van der Waals surface area (Å²) in [5.41, 5.74) is 2.30. The van der Waals surface area contributed by atoms with Gasteiger partial charge in [0.15, 0.2) is 23.9 Å². The van der Waals surface area contributed by atoms with Gasteiger partial charge in [0.2, 0.25) is 12.4 Å². The number of nitrogens with zero attached hydrogens (tertiary/aromatic N) is 2. The molecule has 0 fully saturated rings. The van der Waals surface area contributed by atoms with E-state index >= 15 is 0 Å². The number of pyridine rings is 2. The first-order valence-corrected chi connectivity index (χ1v) is 18.3. The molecule has 46 heavy (non-hydrogen) atoms. The normalized spacial score (nSPS) is 11.1. The van der Waals surface area contributed by atoms with Gasteiger partial charge in [0.1, 0.15) is 24.6 Å². The smallest absolute Gasteiger partial charge is 0.211 e. The topological polar surface area (TPSA) is 26.2 Å². The third-order valence-electron chi connectivity index (χ3n) is 8.72. The van der Waals surface area contributed by atoms with E-state index in [0.29, 0.717) is 0 Å². The van der Waals surface area contributed by atoms with Gasteiger partial charge in [0, 0.05) is 25.0 Å². The Morgan fingerprint density at radius 3 is 1.11 bits per heavy atom. The molecule has 4 nitrogen and oxygen atoms in total. The van der Waals surface area contributed by atoms with Gasteiger partial charge in [-0.25, -0.2) is 9.13 Å². The second kappa shape index (κ2) is 21.2. The minimum Gasteiger partial charge on any atom is -0.451 e. The van der Waals surface area contributed by atoms with Crippen molar-refractivity contribution >= 4 is 0 Å². The van der Waals surface area contributed by atoms with Crippen LogP contribution in [-0.2, 0) is 13.1 Å². The van der Waals surface area contributed by atoms with E-state index in [1.165, 1.54) is 103 Å². The van der Waals surface area contributed by atoms with Crippen LogP contribution in [0.15, 0.2) is 97.6 Å². The van der Waals surface area contributed by atoms with Crippen molar-refractivity contribution in [1.29, 1.82) is 0 Å². The molecule has 0 radical (unpaired) electrons. The first-order valence-electron chi connectivity index (χ1n) is 18.3. The minimum atomic E-state index is 0.845. The molecule has 0 amide bonds. The maximum Gasteiger partial charge on any atom is 0.211 e. The summed E-state index contributed by atoms with van der Waals surface area (Å²) < 4.78 is 16.9. The zero-order chi connectivity index (χ0) is 32.1. The van der Waals surface area contributed by atoms with Gasteiger partial charge in [0.05, 0.1) is 0 Å². The van der Waals surface area contributed by atoms with Crippen LogP contribution in [0, 0.1) is 0 Å². The van der Waals surface area contributed by atoms with Gasteiger partial charge >= 0.3 is 0 Å². The molecule has 4 heteroatoms. The summed E-state index contributed by atoms with van der Waals surface area (Å²) in [5, 5.41) is 0. The van der Waals surface area contributed by atoms with Gasteiger partial charge in [0.25, 0.3) is 0 Å². The lowest BCUT2D eigenvalue weighted by Gasteiger charge is -2.08. The van der Waals surface area contributed by atoms with Crippen molar-refractivity contribution in [3.63, 3.8) is 0 Å². The Morgan fingerprint density at radius 2 is 0.739 bits per heavy atom. The summed E-state index contributed by atoms with van der Waals surface area (Å²) >= 11 is 0. The summed E-state index contributed by atoms with van der Waals surface area (Å²) in [6.45, 7) is 6.62. The lowest BCUT2D eigenvalue weighted by molar-refractivity contribution is -0.697. The van der Waals surface area contributed by atoms with Crippen LogP contribution in [0.1, 0.15) is 117 Å². The highest BCUT2D eigenvalue weighted by molar-refractivity contribution is 5.65. The van der Waals surface area contributed by atoms with Gasteiger partial charge in [-0.1, -0.05) is 115 Å².